The van der Waals surface area contributed by atoms with Gasteiger partial charge in [0.2, 0.25) is 0 Å². The van der Waals surface area contributed by atoms with Gasteiger partial charge in [-0.25, -0.2) is 0 Å². The van der Waals surface area contributed by atoms with Gasteiger partial charge in [-0.15, -0.1) is 0 Å². The van der Waals surface area contributed by atoms with Gasteiger partial charge in [0.1, 0.15) is 0 Å². The standard InChI is InChI=1S/C19H23ClN2O/c1-5-22(6-2)19(23)18-15(20)11-9-13-17(18)21(4)16-12-8-7-10-14(16)3/h7-13H,5-6H2,1-4H3. The summed E-state index contributed by atoms with van der Waals surface area (Å²) in [6, 6.07) is 13.7. The Bertz CT molecular complexity index is 696. The Labute approximate surface area is 143 Å². The summed E-state index contributed by atoms with van der Waals surface area (Å²) < 4.78 is 0. The summed E-state index contributed by atoms with van der Waals surface area (Å²) in [6.45, 7) is 7.33. The molecule has 0 saturated heterocycles. The van der Waals surface area contributed by atoms with Gasteiger partial charge in [0.05, 0.1) is 16.3 Å². The molecule has 2 rings (SSSR count). The summed E-state index contributed by atoms with van der Waals surface area (Å²) in [7, 11) is 1.97. The van der Waals surface area contributed by atoms with Gasteiger partial charge in [0.25, 0.3) is 5.91 Å². The predicted molar refractivity (Wildman–Crippen MR) is 97.9 cm³/mol. The number of hydrogen-bond acceptors (Lipinski definition) is 2. The first-order valence-electron chi connectivity index (χ1n) is 7.88. The lowest BCUT2D eigenvalue weighted by atomic mass is 10.1. The number of benzene rings is 2. The second kappa shape index (κ2) is 7.51. The fraction of sp³-hybridized carbons (Fsp3) is 0.316. The number of anilines is 2. The van der Waals surface area contributed by atoms with Gasteiger partial charge >= 0.3 is 0 Å². The van der Waals surface area contributed by atoms with E-state index in [9.17, 15) is 4.79 Å². The average Bonchev–Trinajstić information content (AvgIpc) is 2.55. The van der Waals surface area contributed by atoms with Gasteiger partial charge in [0.15, 0.2) is 0 Å². The van der Waals surface area contributed by atoms with Crippen LogP contribution in [0.3, 0.4) is 0 Å². The van der Waals surface area contributed by atoms with Crippen molar-refractivity contribution in [1.29, 1.82) is 0 Å². The van der Waals surface area contributed by atoms with E-state index in [-0.39, 0.29) is 5.91 Å². The highest BCUT2D eigenvalue weighted by molar-refractivity contribution is 6.34. The molecule has 1 amide bonds. The third kappa shape index (κ3) is 3.50. The molecular formula is C19H23ClN2O. The predicted octanol–water partition coefficient (Wildman–Crippen LogP) is 4.90. The van der Waals surface area contributed by atoms with E-state index in [4.69, 9.17) is 11.6 Å². The van der Waals surface area contributed by atoms with E-state index in [0.29, 0.717) is 23.7 Å². The number of carbonyl (C=O) groups is 1. The third-order valence-corrected chi connectivity index (χ3v) is 4.41. The normalized spacial score (nSPS) is 10.5. The number of para-hydroxylation sites is 1. The van der Waals surface area contributed by atoms with E-state index in [1.165, 1.54) is 0 Å². The maximum Gasteiger partial charge on any atom is 0.257 e. The van der Waals surface area contributed by atoms with Crippen molar-refractivity contribution in [3.63, 3.8) is 0 Å². The van der Waals surface area contributed by atoms with Crippen LogP contribution in [0.25, 0.3) is 0 Å². The first-order chi connectivity index (χ1) is 11.0. The quantitative estimate of drug-likeness (QED) is 0.778. The second-order valence-electron chi connectivity index (χ2n) is 5.46. The molecule has 0 saturated carbocycles. The molecule has 2 aromatic rings. The Hall–Kier alpha value is -2.00. The highest BCUT2D eigenvalue weighted by Gasteiger charge is 2.22. The fourth-order valence-electron chi connectivity index (χ4n) is 2.74. The number of hydrogen-bond donors (Lipinski definition) is 0. The number of carbonyl (C=O) groups excluding carboxylic acids is 1. The maximum atomic E-state index is 12.9. The van der Waals surface area contributed by atoms with Crippen molar-refractivity contribution >= 4 is 28.9 Å². The van der Waals surface area contributed by atoms with Crippen LogP contribution in [0, 0.1) is 6.92 Å². The van der Waals surface area contributed by atoms with Crippen molar-refractivity contribution in [2.75, 3.05) is 25.0 Å². The van der Waals surface area contributed by atoms with Crippen LogP contribution < -0.4 is 4.90 Å². The van der Waals surface area contributed by atoms with E-state index in [0.717, 1.165) is 16.9 Å². The highest BCUT2D eigenvalue weighted by Crippen LogP contribution is 2.33. The highest BCUT2D eigenvalue weighted by atomic mass is 35.5. The minimum absolute atomic E-state index is 0.0314. The molecule has 0 aromatic heterocycles. The van der Waals surface area contributed by atoms with Crippen molar-refractivity contribution < 1.29 is 4.79 Å². The average molecular weight is 331 g/mol. The van der Waals surface area contributed by atoms with Gasteiger partial charge in [0, 0.05) is 25.8 Å². The van der Waals surface area contributed by atoms with Crippen LogP contribution in [0.4, 0.5) is 11.4 Å². The van der Waals surface area contributed by atoms with E-state index in [2.05, 4.69) is 13.0 Å². The van der Waals surface area contributed by atoms with Crippen molar-refractivity contribution in [3.8, 4) is 0 Å². The van der Waals surface area contributed by atoms with Crippen LogP contribution in [0.5, 0.6) is 0 Å². The molecule has 0 spiro atoms. The largest absolute Gasteiger partial charge is 0.344 e. The zero-order chi connectivity index (χ0) is 17.0. The Morgan fingerprint density at radius 1 is 1.00 bits per heavy atom. The van der Waals surface area contributed by atoms with Crippen LogP contribution >= 0.6 is 11.6 Å². The number of aryl methyl sites for hydroxylation is 1. The van der Waals surface area contributed by atoms with Gasteiger partial charge in [-0.05, 0) is 44.5 Å². The van der Waals surface area contributed by atoms with Crippen LogP contribution in [0.1, 0.15) is 29.8 Å². The molecule has 122 valence electrons. The molecule has 23 heavy (non-hydrogen) atoms. The molecule has 0 heterocycles. The summed E-state index contributed by atoms with van der Waals surface area (Å²) in [5.74, 6) is -0.0314. The fourth-order valence-corrected chi connectivity index (χ4v) is 2.99. The topological polar surface area (TPSA) is 23.6 Å². The molecule has 0 atom stereocenters. The van der Waals surface area contributed by atoms with E-state index >= 15 is 0 Å². The Kier molecular flexibility index (Phi) is 5.67. The SMILES string of the molecule is CCN(CC)C(=O)c1c(Cl)cccc1N(C)c1ccccc1C. The lowest BCUT2D eigenvalue weighted by Gasteiger charge is -2.27. The summed E-state index contributed by atoms with van der Waals surface area (Å²) in [6.07, 6.45) is 0. The van der Waals surface area contributed by atoms with Gasteiger partial charge in [-0.2, -0.15) is 0 Å². The monoisotopic (exact) mass is 330 g/mol. The van der Waals surface area contributed by atoms with Crippen molar-refractivity contribution in [1.82, 2.24) is 4.90 Å². The Morgan fingerprint density at radius 2 is 1.61 bits per heavy atom. The number of nitrogens with zero attached hydrogens (tertiary/aromatic N) is 2. The van der Waals surface area contributed by atoms with E-state index in [1.807, 2.05) is 56.1 Å². The number of rotatable bonds is 5. The third-order valence-electron chi connectivity index (χ3n) is 4.09. The van der Waals surface area contributed by atoms with Crippen LogP contribution in [0.15, 0.2) is 42.5 Å². The van der Waals surface area contributed by atoms with Crippen molar-refractivity contribution in [2.24, 2.45) is 0 Å². The summed E-state index contributed by atoms with van der Waals surface area (Å²) in [4.78, 5) is 16.7. The van der Waals surface area contributed by atoms with Crippen molar-refractivity contribution in [3.05, 3.63) is 58.6 Å². The molecule has 0 N–H and O–H groups in total. The van der Waals surface area contributed by atoms with Crippen LogP contribution in [0.2, 0.25) is 5.02 Å². The molecule has 3 nitrogen and oxygen atoms in total. The zero-order valence-corrected chi connectivity index (χ0v) is 14.9. The minimum atomic E-state index is -0.0314. The molecule has 0 aliphatic carbocycles. The molecule has 0 fully saturated rings. The molecule has 0 aliphatic heterocycles. The van der Waals surface area contributed by atoms with Gasteiger partial charge < -0.3 is 9.80 Å². The van der Waals surface area contributed by atoms with E-state index < -0.39 is 0 Å². The molecular weight excluding hydrogens is 308 g/mol. The Morgan fingerprint density at radius 3 is 2.22 bits per heavy atom. The second-order valence-corrected chi connectivity index (χ2v) is 5.86. The number of amides is 1. The van der Waals surface area contributed by atoms with Crippen LogP contribution in [-0.4, -0.2) is 30.9 Å². The lowest BCUT2D eigenvalue weighted by Crippen LogP contribution is -2.32. The van der Waals surface area contributed by atoms with Crippen molar-refractivity contribution in [2.45, 2.75) is 20.8 Å². The molecule has 0 bridgehead atoms. The summed E-state index contributed by atoms with van der Waals surface area (Å²) >= 11 is 6.38. The summed E-state index contributed by atoms with van der Waals surface area (Å²) in [5, 5.41) is 0.486. The minimum Gasteiger partial charge on any atom is -0.344 e. The van der Waals surface area contributed by atoms with Gasteiger partial charge in [-0.3, -0.25) is 4.79 Å². The molecule has 4 heteroatoms. The maximum absolute atomic E-state index is 12.9. The smallest absolute Gasteiger partial charge is 0.257 e. The molecule has 0 radical (unpaired) electrons. The zero-order valence-electron chi connectivity index (χ0n) is 14.1. The van der Waals surface area contributed by atoms with E-state index in [1.54, 1.807) is 11.0 Å². The number of halogens is 1. The molecule has 0 aliphatic rings. The van der Waals surface area contributed by atoms with Crippen LogP contribution in [-0.2, 0) is 0 Å². The lowest BCUT2D eigenvalue weighted by molar-refractivity contribution is 0.0774. The van der Waals surface area contributed by atoms with Gasteiger partial charge in [-0.1, -0.05) is 35.9 Å². The first kappa shape index (κ1) is 17.4. The molecule has 0 unspecified atom stereocenters. The Balaban J connectivity index is 2.54. The molecule has 2 aromatic carbocycles. The first-order valence-corrected chi connectivity index (χ1v) is 8.26. The summed E-state index contributed by atoms with van der Waals surface area (Å²) in [5.41, 5.74) is 3.59.